The van der Waals surface area contributed by atoms with Crippen molar-refractivity contribution in [1.29, 1.82) is 0 Å². The summed E-state index contributed by atoms with van der Waals surface area (Å²) in [5.41, 5.74) is 0.857. The molecule has 128 valence electrons. The quantitative estimate of drug-likeness (QED) is 0.617. The number of benzene rings is 1. The lowest BCUT2D eigenvalue weighted by molar-refractivity contribution is 0.321. The molecule has 1 aromatic rings. The maximum atomic E-state index is 13.8. The summed E-state index contributed by atoms with van der Waals surface area (Å²) in [5, 5.41) is 6.60. The molecule has 2 N–H and O–H groups in total. The number of guanidine groups is 1. The molecule has 0 aromatic heterocycles. The Morgan fingerprint density at radius 3 is 2.87 bits per heavy atom. The van der Waals surface area contributed by atoms with Gasteiger partial charge in [0.1, 0.15) is 0 Å². The molecule has 6 heteroatoms. The molecule has 0 amide bonds. The lowest BCUT2D eigenvalue weighted by Gasteiger charge is -2.24. The molecule has 1 unspecified atom stereocenters. The fourth-order valence-electron chi connectivity index (χ4n) is 2.58. The van der Waals surface area contributed by atoms with Crippen LogP contribution in [0.5, 0.6) is 5.75 Å². The number of nitrogens with zero attached hydrogens (tertiary/aromatic N) is 1. The zero-order chi connectivity index (χ0) is 16.7. The molecule has 2 rings (SSSR count). The summed E-state index contributed by atoms with van der Waals surface area (Å²) in [6.07, 6.45) is 2.51. The van der Waals surface area contributed by atoms with Crippen molar-refractivity contribution in [2.45, 2.75) is 38.0 Å². The Kier molecular flexibility index (Phi) is 6.57. The number of aliphatic imine (C=N–C) groups is 1. The third-order valence-electron chi connectivity index (χ3n) is 3.91. The third-order valence-corrected chi connectivity index (χ3v) is 5.45. The van der Waals surface area contributed by atoms with Gasteiger partial charge in [0.15, 0.2) is 17.5 Å². The number of thioether (sulfide) groups is 1. The van der Waals surface area contributed by atoms with E-state index in [1.165, 1.54) is 24.7 Å². The zero-order valence-electron chi connectivity index (χ0n) is 14.1. The van der Waals surface area contributed by atoms with E-state index in [1.54, 1.807) is 13.1 Å². The zero-order valence-corrected chi connectivity index (χ0v) is 14.9. The largest absolute Gasteiger partial charge is 0.491 e. The number of hydrogen-bond donors (Lipinski definition) is 2. The Bertz CT molecular complexity index is 545. The van der Waals surface area contributed by atoms with Crippen LogP contribution in [0.4, 0.5) is 4.39 Å². The predicted octanol–water partition coefficient (Wildman–Crippen LogP) is 3.18. The lowest BCUT2D eigenvalue weighted by Crippen LogP contribution is -2.43. The highest BCUT2D eigenvalue weighted by atomic mass is 32.2. The van der Waals surface area contributed by atoms with Crippen LogP contribution in [0.2, 0.25) is 0 Å². The van der Waals surface area contributed by atoms with Crippen molar-refractivity contribution < 1.29 is 9.13 Å². The highest BCUT2D eigenvalue weighted by molar-refractivity contribution is 8.00. The van der Waals surface area contributed by atoms with E-state index in [9.17, 15) is 4.39 Å². The van der Waals surface area contributed by atoms with E-state index in [2.05, 4.69) is 22.5 Å². The van der Waals surface area contributed by atoms with E-state index < -0.39 is 0 Å². The van der Waals surface area contributed by atoms with Crippen molar-refractivity contribution in [3.63, 3.8) is 0 Å². The summed E-state index contributed by atoms with van der Waals surface area (Å²) < 4.78 is 19.3. The van der Waals surface area contributed by atoms with Gasteiger partial charge in [-0.2, -0.15) is 11.8 Å². The van der Waals surface area contributed by atoms with Crippen LogP contribution in [0.3, 0.4) is 0 Å². The summed E-state index contributed by atoms with van der Waals surface area (Å²) >= 11 is 2.01. The van der Waals surface area contributed by atoms with Gasteiger partial charge in [-0.15, -0.1) is 0 Å². The van der Waals surface area contributed by atoms with Gasteiger partial charge in [-0.3, -0.25) is 4.99 Å². The second-order valence-corrected chi connectivity index (χ2v) is 7.56. The average Bonchev–Trinajstić information content (AvgIpc) is 2.97. The van der Waals surface area contributed by atoms with Gasteiger partial charge in [0, 0.05) is 24.9 Å². The highest BCUT2D eigenvalue weighted by Gasteiger charge is 2.29. The first-order chi connectivity index (χ1) is 11.1. The van der Waals surface area contributed by atoms with E-state index in [4.69, 9.17) is 4.74 Å². The Labute approximate surface area is 142 Å². The standard InChI is InChI=1S/C17H26FN3OS/c1-4-22-15-7-6-13(10-14(15)18)11-20-16(19-3)21-12-17(2)8-5-9-23-17/h6-7,10H,4-5,8-9,11-12H2,1-3H3,(H2,19,20,21). The molecule has 0 spiro atoms. The molecule has 1 heterocycles. The van der Waals surface area contributed by atoms with E-state index >= 15 is 0 Å². The first kappa shape index (κ1) is 17.9. The number of rotatable bonds is 6. The maximum absolute atomic E-state index is 13.8. The Morgan fingerprint density at radius 1 is 1.43 bits per heavy atom. The molecule has 0 bridgehead atoms. The monoisotopic (exact) mass is 339 g/mol. The fraction of sp³-hybridized carbons (Fsp3) is 0.588. The van der Waals surface area contributed by atoms with E-state index in [0.29, 0.717) is 18.9 Å². The lowest BCUT2D eigenvalue weighted by atomic mass is 10.1. The molecule has 1 saturated heterocycles. The van der Waals surface area contributed by atoms with Crippen LogP contribution in [-0.4, -0.2) is 36.7 Å². The molecule has 1 aliphatic heterocycles. The van der Waals surface area contributed by atoms with Gasteiger partial charge >= 0.3 is 0 Å². The van der Waals surface area contributed by atoms with Crippen molar-refractivity contribution in [2.24, 2.45) is 4.99 Å². The molecule has 0 saturated carbocycles. The number of ether oxygens (including phenoxy) is 1. The molecule has 1 fully saturated rings. The molecule has 1 atom stereocenters. The summed E-state index contributed by atoms with van der Waals surface area (Å²) in [4.78, 5) is 4.23. The van der Waals surface area contributed by atoms with Gasteiger partial charge in [0.25, 0.3) is 0 Å². The van der Waals surface area contributed by atoms with Crippen LogP contribution in [0.25, 0.3) is 0 Å². The second kappa shape index (κ2) is 8.43. The molecule has 0 radical (unpaired) electrons. The molecular weight excluding hydrogens is 313 g/mol. The number of halogens is 1. The van der Waals surface area contributed by atoms with Gasteiger partial charge in [0.2, 0.25) is 0 Å². The summed E-state index contributed by atoms with van der Waals surface area (Å²) in [6.45, 7) is 5.99. The van der Waals surface area contributed by atoms with Crippen LogP contribution < -0.4 is 15.4 Å². The van der Waals surface area contributed by atoms with Crippen molar-refractivity contribution in [3.8, 4) is 5.75 Å². The molecule has 4 nitrogen and oxygen atoms in total. The van der Waals surface area contributed by atoms with Crippen molar-refractivity contribution in [1.82, 2.24) is 10.6 Å². The molecule has 0 aliphatic carbocycles. The number of nitrogens with one attached hydrogen (secondary N) is 2. The molecule has 1 aromatic carbocycles. The summed E-state index contributed by atoms with van der Waals surface area (Å²) in [7, 11) is 1.75. The third kappa shape index (κ3) is 5.30. The van der Waals surface area contributed by atoms with Gasteiger partial charge in [-0.05, 0) is 50.1 Å². The van der Waals surface area contributed by atoms with Crippen molar-refractivity contribution in [2.75, 3.05) is 26.0 Å². The first-order valence-electron chi connectivity index (χ1n) is 8.06. The molecule has 23 heavy (non-hydrogen) atoms. The SMILES string of the molecule is CCOc1ccc(CNC(=NC)NCC2(C)CCCS2)cc1F. The van der Waals surface area contributed by atoms with Crippen molar-refractivity contribution in [3.05, 3.63) is 29.6 Å². The molecular formula is C17H26FN3OS. The van der Waals surface area contributed by atoms with E-state index in [1.807, 2.05) is 24.8 Å². The van der Waals surface area contributed by atoms with Gasteiger partial charge in [-0.25, -0.2) is 4.39 Å². The predicted molar refractivity (Wildman–Crippen MR) is 95.9 cm³/mol. The van der Waals surface area contributed by atoms with E-state index in [0.717, 1.165) is 18.1 Å². The minimum absolute atomic E-state index is 0.281. The summed E-state index contributed by atoms with van der Waals surface area (Å²) in [6, 6.07) is 5.03. The van der Waals surface area contributed by atoms with E-state index in [-0.39, 0.29) is 10.6 Å². The first-order valence-corrected chi connectivity index (χ1v) is 9.04. The van der Waals surface area contributed by atoms with Gasteiger partial charge in [0.05, 0.1) is 6.61 Å². The highest BCUT2D eigenvalue weighted by Crippen LogP contribution is 2.36. The van der Waals surface area contributed by atoms with Crippen LogP contribution in [0.1, 0.15) is 32.3 Å². The minimum Gasteiger partial charge on any atom is -0.491 e. The number of hydrogen-bond acceptors (Lipinski definition) is 3. The van der Waals surface area contributed by atoms with Crippen LogP contribution >= 0.6 is 11.8 Å². The van der Waals surface area contributed by atoms with Crippen LogP contribution in [0, 0.1) is 5.82 Å². The van der Waals surface area contributed by atoms with Crippen LogP contribution in [0.15, 0.2) is 23.2 Å². The minimum atomic E-state index is -0.330. The van der Waals surface area contributed by atoms with Crippen molar-refractivity contribution >= 4 is 17.7 Å². The Balaban J connectivity index is 1.84. The van der Waals surface area contributed by atoms with Gasteiger partial charge in [-0.1, -0.05) is 6.07 Å². The topological polar surface area (TPSA) is 45.6 Å². The molecule has 1 aliphatic rings. The smallest absolute Gasteiger partial charge is 0.191 e. The summed E-state index contributed by atoms with van der Waals surface area (Å²) in [5.74, 6) is 1.94. The fourth-order valence-corrected chi connectivity index (χ4v) is 3.82. The average molecular weight is 339 g/mol. The van der Waals surface area contributed by atoms with Crippen LogP contribution in [-0.2, 0) is 6.54 Å². The Hall–Kier alpha value is -1.43. The van der Waals surface area contributed by atoms with Gasteiger partial charge < -0.3 is 15.4 Å². The maximum Gasteiger partial charge on any atom is 0.191 e. The second-order valence-electron chi connectivity index (χ2n) is 5.88. The normalized spacial score (nSPS) is 21.3. The Morgan fingerprint density at radius 2 is 2.26 bits per heavy atom.